The van der Waals surface area contributed by atoms with Gasteiger partial charge in [-0.2, -0.15) is 0 Å². The number of rotatable bonds is 5. The van der Waals surface area contributed by atoms with Gasteiger partial charge < -0.3 is 0 Å². The Morgan fingerprint density at radius 3 is 2.48 bits per heavy atom. The van der Waals surface area contributed by atoms with E-state index in [2.05, 4.69) is 60.9 Å². The Morgan fingerprint density at radius 1 is 1.10 bits per heavy atom. The first-order chi connectivity index (χ1) is 10.3. The van der Waals surface area contributed by atoms with Crippen LogP contribution in [0.5, 0.6) is 0 Å². The number of hydrogen-bond acceptors (Lipinski definition) is 2. The normalized spacial score (nSPS) is 16.5. The lowest BCUT2D eigenvalue weighted by Crippen LogP contribution is -2.31. The monoisotopic (exact) mass is 280 g/mol. The van der Waals surface area contributed by atoms with Crippen molar-refractivity contribution < 1.29 is 0 Å². The van der Waals surface area contributed by atoms with E-state index < -0.39 is 0 Å². The highest BCUT2D eigenvalue weighted by atomic mass is 15.2. The Labute approximate surface area is 127 Å². The van der Waals surface area contributed by atoms with Crippen LogP contribution in [0.1, 0.15) is 53.5 Å². The van der Waals surface area contributed by atoms with Crippen LogP contribution in [0.3, 0.4) is 0 Å². The van der Waals surface area contributed by atoms with E-state index >= 15 is 0 Å². The topological polar surface area (TPSA) is 38.0 Å². The molecule has 0 aliphatic heterocycles. The second-order valence-corrected chi connectivity index (χ2v) is 6.11. The van der Waals surface area contributed by atoms with Crippen molar-refractivity contribution in [2.45, 2.75) is 44.6 Å². The fraction of sp³-hybridized carbons (Fsp3) is 0.368. The van der Waals surface area contributed by atoms with Gasteiger partial charge in [-0.1, -0.05) is 55.0 Å². The molecule has 21 heavy (non-hydrogen) atoms. The molecule has 3 N–H and O–H groups in total. The molecule has 1 fully saturated rings. The third-order valence-electron chi connectivity index (χ3n) is 4.80. The third kappa shape index (κ3) is 3.02. The molecule has 1 aliphatic carbocycles. The molecule has 2 aromatic carbocycles. The Bertz CT molecular complexity index is 602. The second-order valence-electron chi connectivity index (χ2n) is 6.11. The van der Waals surface area contributed by atoms with Gasteiger partial charge in [-0.25, -0.2) is 0 Å². The third-order valence-corrected chi connectivity index (χ3v) is 4.80. The Kier molecular flexibility index (Phi) is 4.37. The average Bonchev–Trinajstić information content (AvgIpc) is 2.46. The van der Waals surface area contributed by atoms with E-state index in [1.165, 1.54) is 41.5 Å². The zero-order valence-electron chi connectivity index (χ0n) is 12.7. The molecule has 0 aromatic heterocycles. The summed E-state index contributed by atoms with van der Waals surface area (Å²) in [6.07, 6.45) is 4.93. The molecule has 110 valence electrons. The van der Waals surface area contributed by atoms with Crippen LogP contribution in [-0.4, -0.2) is 0 Å². The zero-order valence-corrected chi connectivity index (χ0v) is 12.7. The fourth-order valence-corrected chi connectivity index (χ4v) is 3.24. The lowest BCUT2D eigenvalue weighted by atomic mass is 9.76. The van der Waals surface area contributed by atoms with E-state index in [0.29, 0.717) is 0 Å². The maximum atomic E-state index is 5.88. The van der Waals surface area contributed by atoms with Crippen LogP contribution < -0.4 is 11.3 Å². The predicted molar refractivity (Wildman–Crippen MR) is 88.0 cm³/mol. The summed E-state index contributed by atoms with van der Waals surface area (Å²) in [7, 11) is 0. The molecule has 0 amide bonds. The minimum Gasteiger partial charge on any atom is -0.271 e. The first-order valence-electron chi connectivity index (χ1n) is 7.89. The van der Waals surface area contributed by atoms with Gasteiger partial charge in [-0.05, 0) is 54.4 Å². The van der Waals surface area contributed by atoms with Crippen LogP contribution in [0.4, 0.5) is 0 Å². The standard InChI is InChI=1S/C19H24N2/c1-14-7-2-3-8-16(14)13-19(21-20)18-12-5-4-11-17(18)15-9-6-10-15/h2-5,7-8,11-12,15,19,21H,6,9-10,13,20H2,1H3. The summed E-state index contributed by atoms with van der Waals surface area (Å²) in [5.41, 5.74) is 8.59. The predicted octanol–water partition coefficient (Wildman–Crippen LogP) is 4.01. The van der Waals surface area contributed by atoms with Crippen LogP contribution in [0.2, 0.25) is 0 Å². The Hall–Kier alpha value is -1.64. The van der Waals surface area contributed by atoms with Gasteiger partial charge in [-0.15, -0.1) is 0 Å². The van der Waals surface area contributed by atoms with Crippen molar-refractivity contribution in [2.75, 3.05) is 0 Å². The van der Waals surface area contributed by atoms with Crippen molar-refractivity contribution >= 4 is 0 Å². The van der Waals surface area contributed by atoms with Gasteiger partial charge in [0.1, 0.15) is 0 Å². The number of hydrazine groups is 1. The molecule has 0 heterocycles. The fourth-order valence-electron chi connectivity index (χ4n) is 3.24. The molecule has 0 radical (unpaired) electrons. The van der Waals surface area contributed by atoms with Gasteiger partial charge in [0, 0.05) is 0 Å². The molecule has 1 atom stereocenters. The van der Waals surface area contributed by atoms with Crippen LogP contribution in [-0.2, 0) is 6.42 Å². The minimum atomic E-state index is 0.183. The van der Waals surface area contributed by atoms with Crippen molar-refractivity contribution in [2.24, 2.45) is 5.84 Å². The summed E-state index contributed by atoms with van der Waals surface area (Å²) in [5, 5.41) is 0. The number of hydrogen-bond donors (Lipinski definition) is 2. The van der Waals surface area contributed by atoms with E-state index in [4.69, 9.17) is 5.84 Å². The highest BCUT2D eigenvalue weighted by Gasteiger charge is 2.24. The lowest BCUT2D eigenvalue weighted by Gasteiger charge is -2.30. The maximum Gasteiger partial charge on any atom is 0.0503 e. The van der Waals surface area contributed by atoms with E-state index in [1.807, 2.05) is 0 Å². The maximum absolute atomic E-state index is 5.88. The lowest BCUT2D eigenvalue weighted by molar-refractivity contribution is 0.411. The number of aryl methyl sites for hydroxylation is 1. The van der Waals surface area contributed by atoms with Gasteiger partial charge in [0.25, 0.3) is 0 Å². The van der Waals surface area contributed by atoms with Crippen LogP contribution in [0.25, 0.3) is 0 Å². The smallest absolute Gasteiger partial charge is 0.0503 e. The summed E-state index contributed by atoms with van der Waals surface area (Å²) in [6.45, 7) is 2.17. The SMILES string of the molecule is Cc1ccccc1CC(NN)c1ccccc1C1CCC1. The molecule has 2 nitrogen and oxygen atoms in total. The molecular weight excluding hydrogens is 256 g/mol. The van der Waals surface area contributed by atoms with Crippen molar-refractivity contribution in [3.63, 3.8) is 0 Å². The molecule has 0 spiro atoms. The van der Waals surface area contributed by atoms with Crippen molar-refractivity contribution in [1.82, 2.24) is 5.43 Å². The first kappa shape index (κ1) is 14.3. The molecular formula is C19H24N2. The van der Waals surface area contributed by atoms with E-state index in [9.17, 15) is 0 Å². The van der Waals surface area contributed by atoms with Gasteiger partial charge >= 0.3 is 0 Å². The van der Waals surface area contributed by atoms with Gasteiger partial charge in [0.15, 0.2) is 0 Å². The van der Waals surface area contributed by atoms with Crippen molar-refractivity contribution in [1.29, 1.82) is 0 Å². The Morgan fingerprint density at radius 2 is 1.81 bits per heavy atom. The molecule has 3 rings (SSSR count). The quantitative estimate of drug-likeness (QED) is 0.641. The van der Waals surface area contributed by atoms with Crippen LogP contribution in [0, 0.1) is 6.92 Å². The summed E-state index contributed by atoms with van der Waals surface area (Å²) >= 11 is 0. The van der Waals surface area contributed by atoms with Gasteiger partial charge in [0.2, 0.25) is 0 Å². The van der Waals surface area contributed by atoms with Crippen LogP contribution in [0.15, 0.2) is 48.5 Å². The molecule has 0 saturated heterocycles. The molecule has 1 unspecified atom stereocenters. The van der Waals surface area contributed by atoms with Crippen molar-refractivity contribution in [3.05, 3.63) is 70.8 Å². The highest BCUT2D eigenvalue weighted by molar-refractivity contribution is 5.36. The van der Waals surface area contributed by atoms with Gasteiger partial charge in [-0.3, -0.25) is 11.3 Å². The Balaban J connectivity index is 1.88. The number of benzene rings is 2. The zero-order chi connectivity index (χ0) is 14.7. The summed E-state index contributed by atoms with van der Waals surface area (Å²) in [5.74, 6) is 6.61. The molecule has 0 bridgehead atoms. The first-order valence-corrected chi connectivity index (χ1v) is 7.89. The summed E-state index contributed by atoms with van der Waals surface area (Å²) < 4.78 is 0. The molecule has 1 saturated carbocycles. The second kappa shape index (κ2) is 6.42. The highest BCUT2D eigenvalue weighted by Crippen LogP contribution is 2.39. The largest absolute Gasteiger partial charge is 0.271 e. The molecule has 1 aliphatic rings. The molecule has 2 heteroatoms. The van der Waals surface area contributed by atoms with Crippen LogP contribution >= 0.6 is 0 Å². The number of nitrogens with one attached hydrogen (secondary N) is 1. The van der Waals surface area contributed by atoms with Crippen molar-refractivity contribution in [3.8, 4) is 0 Å². The summed E-state index contributed by atoms with van der Waals surface area (Å²) in [6, 6.07) is 17.5. The summed E-state index contributed by atoms with van der Waals surface area (Å²) in [4.78, 5) is 0. The van der Waals surface area contributed by atoms with E-state index in [-0.39, 0.29) is 6.04 Å². The average molecular weight is 280 g/mol. The van der Waals surface area contributed by atoms with E-state index in [1.54, 1.807) is 0 Å². The van der Waals surface area contributed by atoms with E-state index in [0.717, 1.165) is 12.3 Å². The van der Waals surface area contributed by atoms with Gasteiger partial charge in [0.05, 0.1) is 6.04 Å². The molecule has 2 aromatic rings. The number of nitrogens with two attached hydrogens (primary N) is 1. The minimum absolute atomic E-state index is 0.183.